The summed E-state index contributed by atoms with van der Waals surface area (Å²) in [6.45, 7) is 5.74. The predicted molar refractivity (Wildman–Crippen MR) is 124 cm³/mol. The summed E-state index contributed by atoms with van der Waals surface area (Å²) in [5, 5.41) is 1.79. The molecule has 1 fully saturated rings. The topological polar surface area (TPSA) is 26.3 Å². The summed E-state index contributed by atoms with van der Waals surface area (Å²) in [4.78, 5) is 12.0. The Balaban J connectivity index is 0.000000295. The Bertz CT molecular complexity index is 614. The van der Waals surface area contributed by atoms with Crippen molar-refractivity contribution in [2.24, 2.45) is 5.92 Å². The third-order valence-electron chi connectivity index (χ3n) is 4.15. The molecule has 2 unspecified atom stereocenters. The zero-order valence-corrected chi connectivity index (χ0v) is 19.4. The highest BCUT2D eigenvalue weighted by molar-refractivity contribution is 7.99. The van der Waals surface area contributed by atoms with Gasteiger partial charge in [0.1, 0.15) is 6.61 Å². The number of unbranched alkanes of at least 4 members (excludes halogenated alkanes) is 1. The van der Waals surface area contributed by atoms with E-state index in [4.69, 9.17) is 39.5 Å². The smallest absolute Gasteiger partial charge is 0.306 e. The van der Waals surface area contributed by atoms with Crippen LogP contribution in [0, 0.1) is 5.92 Å². The van der Waals surface area contributed by atoms with E-state index in [2.05, 4.69) is 6.58 Å². The first kappa shape index (κ1) is 25.4. The monoisotopic (exact) mass is 462 g/mol. The lowest BCUT2D eigenvalue weighted by molar-refractivity contribution is -0.142. The zero-order valence-electron chi connectivity index (χ0n) is 16.3. The molecule has 0 aromatic heterocycles. The van der Waals surface area contributed by atoms with Gasteiger partial charge < -0.3 is 4.74 Å². The van der Waals surface area contributed by atoms with Gasteiger partial charge in [0.25, 0.3) is 0 Å². The highest BCUT2D eigenvalue weighted by atomic mass is 35.5. The fourth-order valence-corrected chi connectivity index (χ4v) is 4.93. The van der Waals surface area contributed by atoms with Crippen molar-refractivity contribution in [1.82, 2.24) is 0 Å². The minimum absolute atomic E-state index is 0.139. The number of allylic oxidation sites excluding steroid dienone is 2. The number of halogens is 3. The number of rotatable bonds is 9. The molecular formula is C22H29Cl3O2S. The van der Waals surface area contributed by atoms with Gasteiger partial charge in [-0.15, -0.1) is 23.4 Å². The van der Waals surface area contributed by atoms with Gasteiger partial charge in [0.2, 0.25) is 0 Å². The molecule has 0 radical (unpaired) electrons. The minimum atomic E-state index is -0.139. The van der Waals surface area contributed by atoms with E-state index >= 15 is 0 Å². The van der Waals surface area contributed by atoms with Crippen LogP contribution in [0.4, 0.5) is 0 Å². The van der Waals surface area contributed by atoms with Crippen molar-refractivity contribution >= 4 is 52.5 Å². The summed E-state index contributed by atoms with van der Waals surface area (Å²) < 4.78 is 4.79. The lowest BCUT2D eigenvalue weighted by Gasteiger charge is -2.09. The normalized spacial score (nSPS) is 18.6. The molecular weight excluding hydrogens is 435 g/mol. The van der Waals surface area contributed by atoms with Crippen LogP contribution in [0.1, 0.15) is 45.4 Å². The number of benzene rings is 1. The molecule has 1 aliphatic carbocycles. The van der Waals surface area contributed by atoms with Crippen molar-refractivity contribution in [2.75, 3.05) is 12.4 Å². The molecule has 156 valence electrons. The minimum Gasteiger partial charge on any atom is -0.461 e. The molecule has 2 rings (SSSR count). The Hall–Kier alpha value is -0.610. The Morgan fingerprint density at radius 2 is 2.00 bits per heavy atom. The van der Waals surface area contributed by atoms with E-state index in [-0.39, 0.29) is 5.97 Å². The standard InChI is InChI=1S/C12H13Cl3S.C10H16O2/c13-9-2-1-8(3-9)7-16-12-5-10(14)4-11(15)6-12;1-3-5-6-7-8-10(11)12-9-4-2/h4-6,8-9H,1-3,7H2;3-5H,2,6-9H2,1H3/b;5-3-. The van der Waals surface area contributed by atoms with Gasteiger partial charge in [0, 0.05) is 32.5 Å². The molecule has 1 aliphatic rings. The average Bonchev–Trinajstić information content (AvgIpc) is 3.07. The number of hydrogen-bond donors (Lipinski definition) is 0. The second-order valence-electron chi connectivity index (χ2n) is 6.63. The van der Waals surface area contributed by atoms with Gasteiger partial charge in [-0.2, -0.15) is 0 Å². The van der Waals surface area contributed by atoms with Gasteiger partial charge in [0.05, 0.1) is 0 Å². The molecule has 0 saturated heterocycles. The third-order valence-corrected chi connectivity index (χ3v) is 6.19. The lowest BCUT2D eigenvalue weighted by Crippen LogP contribution is -2.03. The van der Waals surface area contributed by atoms with Crippen LogP contribution in [0.25, 0.3) is 0 Å². The van der Waals surface area contributed by atoms with E-state index < -0.39 is 0 Å². The molecule has 0 N–H and O–H groups in total. The van der Waals surface area contributed by atoms with Gasteiger partial charge >= 0.3 is 5.97 Å². The van der Waals surface area contributed by atoms with E-state index in [9.17, 15) is 4.79 Å². The summed E-state index contributed by atoms with van der Waals surface area (Å²) in [6.07, 6.45) is 11.4. The van der Waals surface area contributed by atoms with Gasteiger partial charge in [-0.3, -0.25) is 4.79 Å². The molecule has 6 heteroatoms. The van der Waals surface area contributed by atoms with E-state index in [0.717, 1.165) is 42.2 Å². The van der Waals surface area contributed by atoms with Gasteiger partial charge in [-0.25, -0.2) is 0 Å². The van der Waals surface area contributed by atoms with Crippen LogP contribution < -0.4 is 0 Å². The largest absolute Gasteiger partial charge is 0.461 e. The molecule has 2 nitrogen and oxygen atoms in total. The van der Waals surface area contributed by atoms with Crippen molar-refractivity contribution < 1.29 is 9.53 Å². The number of carbonyl (C=O) groups excluding carboxylic acids is 1. The van der Waals surface area contributed by atoms with Crippen LogP contribution in [-0.4, -0.2) is 23.7 Å². The maximum Gasteiger partial charge on any atom is 0.306 e. The number of ether oxygens (including phenoxy) is 1. The summed E-state index contributed by atoms with van der Waals surface area (Å²) >= 11 is 19.8. The van der Waals surface area contributed by atoms with Crippen LogP contribution in [0.3, 0.4) is 0 Å². The van der Waals surface area contributed by atoms with Crippen molar-refractivity contribution in [3.05, 3.63) is 53.1 Å². The third kappa shape index (κ3) is 12.1. The fourth-order valence-electron chi connectivity index (χ4n) is 2.75. The number of alkyl halides is 1. The van der Waals surface area contributed by atoms with E-state index in [1.165, 1.54) is 6.42 Å². The molecule has 0 aliphatic heterocycles. The Morgan fingerprint density at radius 1 is 1.29 bits per heavy atom. The highest BCUT2D eigenvalue weighted by Gasteiger charge is 2.22. The van der Waals surface area contributed by atoms with Crippen molar-refractivity contribution in [3.63, 3.8) is 0 Å². The Labute approximate surface area is 188 Å². The summed E-state index contributed by atoms with van der Waals surface area (Å²) in [6, 6.07) is 5.69. The summed E-state index contributed by atoms with van der Waals surface area (Å²) in [7, 11) is 0. The van der Waals surface area contributed by atoms with E-state index in [0.29, 0.717) is 28.5 Å². The van der Waals surface area contributed by atoms with Crippen LogP contribution >= 0.6 is 46.6 Å². The van der Waals surface area contributed by atoms with Crippen molar-refractivity contribution in [2.45, 2.75) is 55.7 Å². The molecule has 0 amide bonds. The molecule has 1 aromatic carbocycles. The summed E-state index contributed by atoms with van der Waals surface area (Å²) in [5.41, 5.74) is 0. The molecule has 0 bridgehead atoms. The molecule has 2 atom stereocenters. The molecule has 0 heterocycles. The maximum atomic E-state index is 10.9. The number of esters is 1. The Kier molecular flexibility index (Phi) is 13.9. The molecule has 28 heavy (non-hydrogen) atoms. The Morgan fingerprint density at radius 3 is 2.57 bits per heavy atom. The molecule has 0 spiro atoms. The number of carbonyl (C=O) groups is 1. The van der Waals surface area contributed by atoms with Gasteiger partial charge in [-0.05, 0) is 63.1 Å². The number of thioether (sulfide) groups is 1. The highest BCUT2D eigenvalue weighted by Crippen LogP contribution is 2.35. The van der Waals surface area contributed by atoms with E-state index in [1.54, 1.807) is 12.1 Å². The zero-order chi connectivity index (χ0) is 20.8. The first-order valence-electron chi connectivity index (χ1n) is 9.55. The first-order valence-corrected chi connectivity index (χ1v) is 11.7. The van der Waals surface area contributed by atoms with Gasteiger partial charge in [0.15, 0.2) is 0 Å². The number of hydrogen-bond acceptors (Lipinski definition) is 3. The first-order chi connectivity index (χ1) is 13.4. The predicted octanol–water partition coefficient (Wildman–Crippen LogP) is 7.96. The molecule has 1 aromatic rings. The average molecular weight is 464 g/mol. The van der Waals surface area contributed by atoms with Crippen LogP contribution in [0.2, 0.25) is 10.0 Å². The summed E-state index contributed by atoms with van der Waals surface area (Å²) in [5.74, 6) is 1.71. The van der Waals surface area contributed by atoms with Crippen LogP contribution in [0.5, 0.6) is 0 Å². The van der Waals surface area contributed by atoms with Crippen LogP contribution in [-0.2, 0) is 9.53 Å². The van der Waals surface area contributed by atoms with Crippen molar-refractivity contribution in [1.29, 1.82) is 0 Å². The fraction of sp³-hybridized carbons (Fsp3) is 0.500. The maximum absolute atomic E-state index is 10.9. The lowest BCUT2D eigenvalue weighted by atomic mass is 10.1. The quantitative estimate of drug-likeness (QED) is 0.122. The van der Waals surface area contributed by atoms with Gasteiger partial charge in [-0.1, -0.05) is 48.0 Å². The molecule has 1 saturated carbocycles. The van der Waals surface area contributed by atoms with Crippen molar-refractivity contribution in [3.8, 4) is 0 Å². The SMILES string of the molecule is C=CCOC(=O)CCC/C=C\C.Clc1cc(Cl)cc(SCC2CCC(Cl)C2)c1. The second kappa shape index (κ2) is 15.3. The van der Waals surface area contributed by atoms with E-state index in [1.807, 2.05) is 43.0 Å². The van der Waals surface area contributed by atoms with Crippen LogP contribution in [0.15, 0.2) is 47.9 Å². The second-order valence-corrected chi connectivity index (χ2v) is 9.21.